The highest BCUT2D eigenvalue weighted by Gasteiger charge is 2.22. The van der Waals surface area contributed by atoms with Gasteiger partial charge in [0.25, 0.3) is 5.91 Å². The van der Waals surface area contributed by atoms with E-state index in [2.05, 4.69) is 10.4 Å². The smallest absolute Gasteiger partial charge is 0.257 e. The molecule has 2 aromatic heterocycles. The number of aryl methyl sites for hydroxylation is 1. The zero-order valence-corrected chi connectivity index (χ0v) is 21.2. The van der Waals surface area contributed by atoms with Gasteiger partial charge in [0.2, 0.25) is 17.7 Å². The van der Waals surface area contributed by atoms with Gasteiger partial charge in [0.05, 0.1) is 35.7 Å². The van der Waals surface area contributed by atoms with Crippen LogP contribution in [0.4, 0.5) is 5.82 Å². The number of nitrogens with zero attached hydrogens (tertiary/aromatic N) is 3. The normalized spacial score (nSPS) is 12.1. The summed E-state index contributed by atoms with van der Waals surface area (Å²) in [5, 5.41) is 8.11. The van der Waals surface area contributed by atoms with E-state index in [9.17, 15) is 4.79 Å². The molecule has 1 amide bonds. The number of anilines is 1. The summed E-state index contributed by atoms with van der Waals surface area (Å²) in [5.74, 6) is 2.87. The molecule has 0 saturated heterocycles. The fourth-order valence-corrected chi connectivity index (χ4v) is 4.78. The lowest BCUT2D eigenvalue weighted by molar-refractivity contribution is 0.102. The predicted octanol–water partition coefficient (Wildman–Crippen LogP) is 4.97. The van der Waals surface area contributed by atoms with Gasteiger partial charge in [-0.2, -0.15) is 9.78 Å². The van der Waals surface area contributed by atoms with Crippen molar-refractivity contribution in [1.29, 1.82) is 0 Å². The molecule has 0 spiro atoms. The van der Waals surface area contributed by atoms with E-state index in [4.69, 9.17) is 28.7 Å². The van der Waals surface area contributed by atoms with E-state index in [-0.39, 0.29) is 12.7 Å². The summed E-state index contributed by atoms with van der Waals surface area (Å²) in [6, 6.07) is 8.84. The average Bonchev–Trinajstić information content (AvgIpc) is 3.57. The van der Waals surface area contributed by atoms with E-state index < -0.39 is 0 Å². The maximum Gasteiger partial charge on any atom is 0.257 e. The summed E-state index contributed by atoms with van der Waals surface area (Å²) in [4.78, 5) is 18.0. The minimum absolute atomic E-state index is 0.204. The molecule has 0 aliphatic carbocycles. The van der Waals surface area contributed by atoms with Crippen molar-refractivity contribution < 1.29 is 28.5 Å². The Morgan fingerprint density at radius 2 is 1.67 bits per heavy atom. The number of benzene rings is 2. The number of ether oxygens (including phenoxy) is 5. The largest absolute Gasteiger partial charge is 0.490 e. The van der Waals surface area contributed by atoms with Crippen molar-refractivity contribution in [2.45, 2.75) is 27.7 Å². The zero-order chi connectivity index (χ0) is 25.2. The molecule has 0 radical (unpaired) electrons. The van der Waals surface area contributed by atoms with Crippen LogP contribution in [-0.2, 0) is 0 Å². The van der Waals surface area contributed by atoms with Gasteiger partial charge in [-0.05, 0) is 39.8 Å². The summed E-state index contributed by atoms with van der Waals surface area (Å²) >= 11 is 1.44. The highest BCUT2D eigenvalue weighted by atomic mass is 32.1. The van der Waals surface area contributed by atoms with Crippen molar-refractivity contribution >= 4 is 33.3 Å². The summed E-state index contributed by atoms with van der Waals surface area (Å²) in [5.41, 5.74) is 1.86. The van der Waals surface area contributed by atoms with E-state index in [0.717, 1.165) is 15.9 Å². The number of carbonyl (C=O) groups excluding carboxylic acids is 1. The minimum Gasteiger partial charge on any atom is -0.490 e. The lowest BCUT2D eigenvalue weighted by Crippen LogP contribution is -2.16. The molecule has 1 aliphatic rings. The molecule has 0 atom stereocenters. The van der Waals surface area contributed by atoms with Gasteiger partial charge in [0.1, 0.15) is 5.82 Å². The molecule has 11 heteroatoms. The summed E-state index contributed by atoms with van der Waals surface area (Å²) in [6.07, 6.45) is 0. The quantitative estimate of drug-likeness (QED) is 0.337. The van der Waals surface area contributed by atoms with E-state index in [1.54, 1.807) is 22.9 Å². The van der Waals surface area contributed by atoms with Crippen LogP contribution in [0.5, 0.6) is 28.7 Å². The molecule has 1 aliphatic heterocycles. The molecule has 4 aromatic rings. The third kappa shape index (κ3) is 4.49. The molecule has 188 valence electrons. The molecule has 0 saturated carbocycles. The Morgan fingerprint density at radius 3 is 2.33 bits per heavy atom. The number of carbonyl (C=O) groups is 1. The van der Waals surface area contributed by atoms with Crippen LogP contribution in [0.1, 0.15) is 36.8 Å². The Hall–Kier alpha value is -3.99. The number of fused-ring (bicyclic) bond motifs is 2. The van der Waals surface area contributed by atoms with Crippen LogP contribution in [-0.4, -0.2) is 47.3 Å². The molecule has 2 aromatic carbocycles. The molecule has 5 rings (SSSR count). The predicted molar refractivity (Wildman–Crippen MR) is 136 cm³/mol. The van der Waals surface area contributed by atoms with Gasteiger partial charge in [0.15, 0.2) is 23.0 Å². The van der Waals surface area contributed by atoms with E-state index >= 15 is 0 Å². The van der Waals surface area contributed by atoms with Gasteiger partial charge < -0.3 is 29.0 Å². The van der Waals surface area contributed by atoms with Crippen LogP contribution >= 0.6 is 11.3 Å². The second kappa shape index (κ2) is 9.94. The molecule has 0 bridgehead atoms. The van der Waals surface area contributed by atoms with Gasteiger partial charge in [-0.25, -0.2) is 4.98 Å². The molecule has 10 nitrogen and oxygen atoms in total. The van der Waals surface area contributed by atoms with Gasteiger partial charge in [-0.3, -0.25) is 4.79 Å². The summed E-state index contributed by atoms with van der Waals surface area (Å²) in [7, 11) is 0. The number of rotatable bonds is 9. The van der Waals surface area contributed by atoms with Gasteiger partial charge in [-0.1, -0.05) is 11.3 Å². The lowest BCUT2D eigenvalue weighted by atomic mass is 10.1. The molecule has 1 N–H and O–H groups in total. The number of hydrogen-bond donors (Lipinski definition) is 1. The summed E-state index contributed by atoms with van der Waals surface area (Å²) < 4.78 is 30.7. The van der Waals surface area contributed by atoms with Crippen molar-refractivity contribution in [3.8, 4) is 33.9 Å². The second-order valence-corrected chi connectivity index (χ2v) is 8.82. The zero-order valence-electron chi connectivity index (χ0n) is 20.4. The molecule has 3 heterocycles. The second-order valence-electron chi connectivity index (χ2n) is 7.81. The van der Waals surface area contributed by atoms with E-state index in [1.807, 2.05) is 39.8 Å². The number of aromatic nitrogens is 3. The van der Waals surface area contributed by atoms with Gasteiger partial charge in [-0.15, -0.1) is 0 Å². The average molecular weight is 511 g/mol. The number of amides is 1. The Balaban J connectivity index is 1.48. The summed E-state index contributed by atoms with van der Waals surface area (Å²) in [6.45, 7) is 8.95. The van der Waals surface area contributed by atoms with E-state index in [0.29, 0.717) is 65.1 Å². The maximum atomic E-state index is 13.3. The Labute approximate surface area is 211 Å². The lowest BCUT2D eigenvalue weighted by Gasteiger charge is -2.17. The van der Waals surface area contributed by atoms with Gasteiger partial charge >= 0.3 is 0 Å². The Kier molecular flexibility index (Phi) is 6.55. The Morgan fingerprint density at radius 1 is 1.00 bits per heavy atom. The first-order chi connectivity index (χ1) is 17.5. The van der Waals surface area contributed by atoms with Crippen molar-refractivity contribution in [3.05, 3.63) is 41.6 Å². The number of nitrogens with one attached hydrogen (secondary N) is 1. The number of thiazole rings is 1. The van der Waals surface area contributed by atoms with Crippen molar-refractivity contribution in [3.63, 3.8) is 0 Å². The van der Waals surface area contributed by atoms with Crippen LogP contribution in [0.2, 0.25) is 0 Å². The number of hydrogen-bond acceptors (Lipinski definition) is 9. The monoisotopic (exact) mass is 510 g/mol. The van der Waals surface area contributed by atoms with Crippen LogP contribution in [0.25, 0.3) is 15.3 Å². The molecule has 0 unspecified atom stereocenters. The van der Waals surface area contributed by atoms with Gasteiger partial charge in [0, 0.05) is 23.8 Å². The fourth-order valence-electron chi connectivity index (χ4n) is 3.84. The Bertz CT molecular complexity index is 1360. The third-order valence-corrected chi connectivity index (χ3v) is 6.29. The van der Waals surface area contributed by atoms with Crippen molar-refractivity contribution in [2.24, 2.45) is 0 Å². The maximum absolute atomic E-state index is 13.3. The SMILES string of the molecule is CCOc1cc(C(=O)Nc2cc(C)nn2-c2nc3cc4c(cc3s2)OCO4)cc(OCC)c1OCC. The highest BCUT2D eigenvalue weighted by Crippen LogP contribution is 2.40. The first-order valence-corrected chi connectivity index (χ1v) is 12.5. The molecule has 0 fully saturated rings. The fraction of sp³-hybridized carbons (Fsp3) is 0.320. The van der Waals surface area contributed by atoms with Crippen molar-refractivity contribution in [2.75, 3.05) is 31.9 Å². The van der Waals surface area contributed by atoms with Crippen LogP contribution in [0.3, 0.4) is 0 Å². The topological polar surface area (TPSA) is 106 Å². The highest BCUT2D eigenvalue weighted by molar-refractivity contribution is 7.20. The minimum atomic E-state index is -0.344. The standard InChI is InChI=1S/C25H26N4O6S/c1-5-31-19-9-15(10-20(32-6-2)23(19)33-7-3)24(30)27-22-8-14(4)28-29(22)25-26-16-11-17-18(35-13-34-17)12-21(16)36-25/h8-12H,5-7,13H2,1-4H3,(H,27,30). The molecule has 36 heavy (non-hydrogen) atoms. The molecular weight excluding hydrogens is 484 g/mol. The van der Waals surface area contributed by atoms with Crippen LogP contribution < -0.4 is 29.0 Å². The third-order valence-electron chi connectivity index (χ3n) is 5.30. The van der Waals surface area contributed by atoms with Crippen LogP contribution in [0, 0.1) is 6.92 Å². The first kappa shape index (κ1) is 23.7. The van der Waals surface area contributed by atoms with E-state index in [1.165, 1.54) is 11.3 Å². The van der Waals surface area contributed by atoms with Crippen molar-refractivity contribution in [1.82, 2.24) is 14.8 Å². The first-order valence-electron chi connectivity index (χ1n) is 11.7. The molecular formula is C25H26N4O6S. The van der Waals surface area contributed by atoms with Crippen LogP contribution in [0.15, 0.2) is 30.3 Å².